The summed E-state index contributed by atoms with van der Waals surface area (Å²) >= 11 is 0. The zero-order chi connectivity index (χ0) is 14.9. The molecule has 1 aromatic carbocycles. The van der Waals surface area contributed by atoms with Crippen LogP contribution in [0.1, 0.15) is 44.3 Å². The molecule has 1 aliphatic rings. The number of aromatic nitrogens is 2. The van der Waals surface area contributed by atoms with Crippen LogP contribution in [0.25, 0.3) is 11.0 Å². The first kappa shape index (κ1) is 14.6. The number of hydrogen-bond donors (Lipinski definition) is 1. The standard InChI is InChI=1S/C16H22N2O2S/c1-21(19,20)14-9-5-8-13-16(14)18-15(17-13)11-10-12-6-3-2-4-7-12/h5,8-9,12H,2-4,6-7,10-11H2,1H3,(H,17,18). The Morgan fingerprint density at radius 3 is 2.71 bits per heavy atom. The maximum absolute atomic E-state index is 11.8. The van der Waals surface area contributed by atoms with Crippen LogP contribution in [-0.4, -0.2) is 24.6 Å². The summed E-state index contributed by atoms with van der Waals surface area (Å²) in [5.41, 5.74) is 1.40. The fourth-order valence-electron chi connectivity index (χ4n) is 3.29. The van der Waals surface area contributed by atoms with E-state index in [1.807, 2.05) is 6.07 Å². The van der Waals surface area contributed by atoms with Crippen molar-refractivity contribution in [2.45, 2.75) is 49.8 Å². The molecule has 1 aromatic heterocycles. The maximum Gasteiger partial charge on any atom is 0.177 e. The lowest BCUT2D eigenvalue weighted by Crippen LogP contribution is -2.07. The molecule has 1 heterocycles. The van der Waals surface area contributed by atoms with Crippen LogP contribution in [-0.2, 0) is 16.3 Å². The largest absolute Gasteiger partial charge is 0.342 e. The van der Waals surface area contributed by atoms with E-state index in [9.17, 15) is 8.42 Å². The molecule has 114 valence electrons. The van der Waals surface area contributed by atoms with E-state index in [0.717, 1.165) is 30.1 Å². The molecule has 0 saturated heterocycles. The molecular formula is C16H22N2O2S. The third-order valence-corrected chi connectivity index (χ3v) is 5.57. The van der Waals surface area contributed by atoms with Crippen LogP contribution in [0.5, 0.6) is 0 Å². The number of rotatable bonds is 4. The highest BCUT2D eigenvalue weighted by Gasteiger charge is 2.17. The molecule has 21 heavy (non-hydrogen) atoms. The number of aromatic amines is 1. The molecule has 1 N–H and O–H groups in total. The highest BCUT2D eigenvalue weighted by molar-refractivity contribution is 7.91. The minimum Gasteiger partial charge on any atom is -0.342 e. The third-order valence-electron chi connectivity index (χ3n) is 4.44. The first-order chi connectivity index (χ1) is 10.0. The smallest absolute Gasteiger partial charge is 0.177 e. The minimum absolute atomic E-state index is 0.320. The lowest BCUT2D eigenvalue weighted by Gasteiger charge is -2.20. The number of hydrogen-bond acceptors (Lipinski definition) is 3. The van der Waals surface area contributed by atoms with Crippen LogP contribution >= 0.6 is 0 Å². The molecule has 1 fully saturated rings. The average Bonchev–Trinajstić information content (AvgIpc) is 2.87. The summed E-state index contributed by atoms with van der Waals surface area (Å²) in [6.07, 6.45) is 10.0. The van der Waals surface area contributed by atoms with Crippen molar-refractivity contribution >= 4 is 20.9 Å². The Kier molecular flexibility index (Phi) is 4.02. The molecule has 0 spiro atoms. The van der Waals surface area contributed by atoms with Crippen LogP contribution in [0.3, 0.4) is 0 Å². The Hall–Kier alpha value is -1.36. The molecule has 2 aromatic rings. The molecule has 4 nitrogen and oxygen atoms in total. The molecule has 0 unspecified atom stereocenters. The van der Waals surface area contributed by atoms with Gasteiger partial charge in [0.25, 0.3) is 0 Å². The van der Waals surface area contributed by atoms with E-state index in [-0.39, 0.29) is 0 Å². The number of aryl methyl sites for hydroxylation is 1. The van der Waals surface area contributed by atoms with Gasteiger partial charge in [-0.2, -0.15) is 0 Å². The second-order valence-electron chi connectivity index (χ2n) is 6.15. The number of fused-ring (bicyclic) bond motifs is 1. The van der Waals surface area contributed by atoms with Gasteiger partial charge >= 0.3 is 0 Å². The van der Waals surface area contributed by atoms with E-state index in [4.69, 9.17) is 0 Å². The summed E-state index contributed by atoms with van der Waals surface area (Å²) in [7, 11) is -3.23. The lowest BCUT2D eigenvalue weighted by molar-refractivity contribution is 0.337. The van der Waals surface area contributed by atoms with Crippen molar-refractivity contribution in [3.05, 3.63) is 24.0 Å². The Labute approximate surface area is 125 Å². The first-order valence-corrected chi connectivity index (χ1v) is 9.61. The van der Waals surface area contributed by atoms with E-state index in [0.29, 0.717) is 10.4 Å². The molecule has 0 bridgehead atoms. The van der Waals surface area contributed by atoms with Gasteiger partial charge in [0.1, 0.15) is 11.3 Å². The van der Waals surface area contributed by atoms with Gasteiger partial charge in [0.2, 0.25) is 0 Å². The Bertz CT molecular complexity index is 728. The van der Waals surface area contributed by atoms with Crippen LogP contribution in [0.15, 0.2) is 23.1 Å². The first-order valence-electron chi connectivity index (χ1n) is 7.72. The Balaban J connectivity index is 1.81. The van der Waals surface area contributed by atoms with E-state index >= 15 is 0 Å². The molecule has 1 aliphatic carbocycles. The predicted molar refractivity (Wildman–Crippen MR) is 84.1 cm³/mol. The summed E-state index contributed by atoms with van der Waals surface area (Å²) in [5, 5.41) is 0. The van der Waals surface area contributed by atoms with Gasteiger partial charge in [-0.1, -0.05) is 38.2 Å². The number of benzene rings is 1. The van der Waals surface area contributed by atoms with Crippen molar-refractivity contribution < 1.29 is 8.42 Å². The number of nitrogens with one attached hydrogen (secondary N) is 1. The molecular weight excluding hydrogens is 284 g/mol. The zero-order valence-electron chi connectivity index (χ0n) is 12.4. The van der Waals surface area contributed by atoms with Crippen LogP contribution in [0, 0.1) is 5.92 Å². The second kappa shape index (κ2) is 5.79. The quantitative estimate of drug-likeness (QED) is 0.940. The third kappa shape index (κ3) is 3.28. The summed E-state index contributed by atoms with van der Waals surface area (Å²) in [6, 6.07) is 5.28. The van der Waals surface area contributed by atoms with Gasteiger partial charge in [-0.3, -0.25) is 0 Å². The summed E-state index contributed by atoms with van der Waals surface area (Å²) in [4.78, 5) is 8.12. The van der Waals surface area contributed by atoms with Gasteiger partial charge in [0, 0.05) is 12.7 Å². The monoisotopic (exact) mass is 306 g/mol. The average molecular weight is 306 g/mol. The minimum atomic E-state index is -3.23. The van der Waals surface area contributed by atoms with Crippen LogP contribution in [0.4, 0.5) is 0 Å². The maximum atomic E-state index is 11.8. The molecule has 1 saturated carbocycles. The lowest BCUT2D eigenvalue weighted by atomic mass is 9.86. The van der Waals surface area contributed by atoms with E-state index in [1.165, 1.54) is 38.4 Å². The SMILES string of the molecule is CS(=O)(=O)c1cccc2[nH]c(CCC3CCCCC3)nc12. The van der Waals surface area contributed by atoms with Crippen molar-refractivity contribution in [3.8, 4) is 0 Å². The van der Waals surface area contributed by atoms with Crippen LogP contribution < -0.4 is 0 Å². The van der Waals surface area contributed by atoms with E-state index in [2.05, 4.69) is 9.97 Å². The van der Waals surface area contributed by atoms with Gasteiger partial charge in [0.15, 0.2) is 9.84 Å². The van der Waals surface area contributed by atoms with Gasteiger partial charge < -0.3 is 4.98 Å². The normalized spacial score (nSPS) is 17.4. The fourth-order valence-corrected chi connectivity index (χ4v) is 4.12. The topological polar surface area (TPSA) is 62.8 Å². The van der Waals surface area contributed by atoms with Gasteiger partial charge in [-0.05, 0) is 24.5 Å². The number of H-pyrrole nitrogens is 1. The Morgan fingerprint density at radius 2 is 2.00 bits per heavy atom. The van der Waals surface area contributed by atoms with Crippen molar-refractivity contribution in [1.82, 2.24) is 9.97 Å². The van der Waals surface area contributed by atoms with Gasteiger partial charge in [0.05, 0.1) is 10.4 Å². The summed E-state index contributed by atoms with van der Waals surface area (Å²) < 4.78 is 23.6. The molecule has 0 radical (unpaired) electrons. The van der Waals surface area contributed by atoms with E-state index in [1.54, 1.807) is 12.1 Å². The van der Waals surface area contributed by atoms with Gasteiger partial charge in [-0.15, -0.1) is 0 Å². The number of sulfone groups is 1. The second-order valence-corrected chi connectivity index (χ2v) is 8.13. The van der Waals surface area contributed by atoms with E-state index < -0.39 is 9.84 Å². The Morgan fingerprint density at radius 1 is 1.24 bits per heavy atom. The summed E-state index contributed by atoms with van der Waals surface area (Å²) in [6.45, 7) is 0. The van der Waals surface area contributed by atoms with Crippen molar-refractivity contribution in [2.75, 3.05) is 6.26 Å². The highest BCUT2D eigenvalue weighted by Crippen LogP contribution is 2.28. The van der Waals surface area contributed by atoms with Crippen molar-refractivity contribution in [1.29, 1.82) is 0 Å². The fraction of sp³-hybridized carbons (Fsp3) is 0.562. The number of nitrogens with zero attached hydrogens (tertiary/aromatic N) is 1. The molecule has 0 aliphatic heterocycles. The summed E-state index contributed by atoms with van der Waals surface area (Å²) in [5.74, 6) is 1.72. The van der Waals surface area contributed by atoms with Crippen molar-refractivity contribution in [2.24, 2.45) is 5.92 Å². The highest BCUT2D eigenvalue weighted by atomic mass is 32.2. The van der Waals surface area contributed by atoms with Gasteiger partial charge in [-0.25, -0.2) is 13.4 Å². The van der Waals surface area contributed by atoms with Crippen LogP contribution in [0.2, 0.25) is 0 Å². The predicted octanol–water partition coefficient (Wildman–Crippen LogP) is 3.48. The molecule has 3 rings (SSSR count). The number of para-hydroxylation sites is 1. The molecule has 0 atom stereocenters. The molecule has 5 heteroatoms. The number of imidazole rings is 1. The molecule has 0 amide bonds. The van der Waals surface area contributed by atoms with Crippen molar-refractivity contribution in [3.63, 3.8) is 0 Å². The zero-order valence-corrected chi connectivity index (χ0v) is 13.2.